The molecule has 0 atom stereocenters. The molecule has 1 amide bonds. The molecule has 1 saturated heterocycles. The molecule has 1 fully saturated rings. The Labute approximate surface area is 155 Å². The van der Waals surface area contributed by atoms with Crippen LogP contribution < -0.4 is 9.64 Å². The summed E-state index contributed by atoms with van der Waals surface area (Å²) in [5.41, 5.74) is 1.17. The second kappa shape index (κ2) is 5.93. The highest BCUT2D eigenvalue weighted by Gasteiger charge is 2.35. The van der Waals surface area contributed by atoms with E-state index < -0.39 is 0 Å². The number of fused-ring (bicyclic) bond motifs is 2. The number of hydrogen-bond donors (Lipinski definition) is 0. The van der Waals surface area contributed by atoms with Gasteiger partial charge in [-0.2, -0.15) is 9.61 Å². The Morgan fingerprint density at radius 1 is 1.26 bits per heavy atom. The molecule has 0 unspecified atom stereocenters. The van der Waals surface area contributed by atoms with Crippen LogP contribution in [0.5, 0.6) is 5.88 Å². The molecule has 2 aliphatic heterocycles. The quantitative estimate of drug-likeness (QED) is 0.659. The summed E-state index contributed by atoms with van der Waals surface area (Å²) in [6.07, 6.45) is 0.916. The van der Waals surface area contributed by atoms with E-state index >= 15 is 0 Å². The van der Waals surface area contributed by atoms with Crippen molar-refractivity contribution in [1.29, 1.82) is 0 Å². The molecule has 0 bridgehead atoms. The molecule has 5 heterocycles. The van der Waals surface area contributed by atoms with Gasteiger partial charge in [0.1, 0.15) is 5.82 Å². The van der Waals surface area contributed by atoms with Gasteiger partial charge in [0.25, 0.3) is 5.91 Å². The molecule has 10 nitrogen and oxygen atoms in total. The minimum Gasteiger partial charge on any atom is -0.478 e. The van der Waals surface area contributed by atoms with Gasteiger partial charge in [-0.3, -0.25) is 4.79 Å². The number of carbonyl (C=O) groups excluding carboxylic acids is 1. The van der Waals surface area contributed by atoms with Gasteiger partial charge < -0.3 is 14.5 Å². The highest BCUT2D eigenvalue weighted by molar-refractivity contribution is 5.93. The summed E-state index contributed by atoms with van der Waals surface area (Å²) in [6.45, 7) is 4.80. The van der Waals surface area contributed by atoms with E-state index in [-0.39, 0.29) is 11.9 Å². The van der Waals surface area contributed by atoms with E-state index in [2.05, 4.69) is 25.3 Å². The third kappa shape index (κ3) is 2.59. The molecule has 0 saturated carbocycles. The van der Waals surface area contributed by atoms with Crippen LogP contribution in [0.1, 0.15) is 22.7 Å². The molecule has 0 aromatic carbocycles. The highest BCUT2D eigenvalue weighted by Crippen LogP contribution is 2.24. The fourth-order valence-corrected chi connectivity index (χ4v) is 3.46. The molecule has 10 heteroatoms. The maximum absolute atomic E-state index is 12.8. The molecule has 2 aliphatic rings. The standard InChI is InChI=1S/C17H20N8O2/c1-11-18-19-14-4-5-15(21-25(11)14)23-9-12(10-23)22(2)17(26)13-8-16-24(20-13)6-3-7-27-16/h4-5,8,12H,3,6-7,9-10H2,1-2H3. The smallest absolute Gasteiger partial charge is 0.274 e. The number of aromatic nitrogens is 6. The summed E-state index contributed by atoms with van der Waals surface area (Å²) in [7, 11) is 1.82. The summed E-state index contributed by atoms with van der Waals surface area (Å²) in [5, 5.41) is 17.0. The molecule has 0 aliphatic carbocycles. The monoisotopic (exact) mass is 368 g/mol. The molecular weight excluding hydrogens is 348 g/mol. The normalized spacial score (nSPS) is 16.7. The van der Waals surface area contributed by atoms with Crippen molar-refractivity contribution in [3.63, 3.8) is 0 Å². The molecule has 0 N–H and O–H groups in total. The van der Waals surface area contributed by atoms with Gasteiger partial charge in [0.05, 0.1) is 12.6 Å². The Morgan fingerprint density at radius 3 is 2.93 bits per heavy atom. The average Bonchev–Trinajstić information content (AvgIpc) is 3.23. The molecule has 140 valence electrons. The van der Waals surface area contributed by atoms with E-state index in [0.29, 0.717) is 18.2 Å². The van der Waals surface area contributed by atoms with E-state index in [4.69, 9.17) is 4.74 Å². The van der Waals surface area contributed by atoms with Crippen molar-refractivity contribution < 1.29 is 9.53 Å². The van der Waals surface area contributed by atoms with Gasteiger partial charge in [0.2, 0.25) is 5.88 Å². The van der Waals surface area contributed by atoms with Gasteiger partial charge in [-0.15, -0.1) is 15.3 Å². The molecule has 3 aromatic rings. The van der Waals surface area contributed by atoms with Crippen LogP contribution in [0, 0.1) is 6.92 Å². The first-order valence-electron chi connectivity index (χ1n) is 9.02. The topological polar surface area (TPSA) is 93.7 Å². The lowest BCUT2D eigenvalue weighted by atomic mass is 10.1. The molecule has 27 heavy (non-hydrogen) atoms. The maximum atomic E-state index is 12.8. The van der Waals surface area contributed by atoms with E-state index in [0.717, 1.165) is 43.3 Å². The lowest BCUT2D eigenvalue weighted by Crippen LogP contribution is -2.60. The number of hydrogen-bond acceptors (Lipinski definition) is 7. The average molecular weight is 368 g/mol. The Kier molecular flexibility index (Phi) is 3.52. The Balaban J connectivity index is 1.27. The predicted molar refractivity (Wildman–Crippen MR) is 96.0 cm³/mol. The van der Waals surface area contributed by atoms with E-state index in [9.17, 15) is 4.79 Å². The summed E-state index contributed by atoms with van der Waals surface area (Å²) < 4.78 is 9.04. The molecule has 3 aromatic heterocycles. The fraction of sp³-hybridized carbons (Fsp3) is 0.471. The van der Waals surface area contributed by atoms with Crippen LogP contribution in [-0.4, -0.2) is 73.2 Å². The van der Waals surface area contributed by atoms with Crippen LogP contribution >= 0.6 is 0 Å². The zero-order chi connectivity index (χ0) is 18.5. The van der Waals surface area contributed by atoms with Gasteiger partial charge in [-0.05, 0) is 19.1 Å². The Morgan fingerprint density at radius 2 is 2.11 bits per heavy atom. The number of nitrogens with zero attached hydrogens (tertiary/aromatic N) is 8. The number of aryl methyl sites for hydroxylation is 2. The predicted octanol–water partition coefficient (Wildman–Crippen LogP) is 0.373. The molecule has 0 spiro atoms. The van der Waals surface area contributed by atoms with Crippen molar-refractivity contribution in [2.75, 3.05) is 31.6 Å². The van der Waals surface area contributed by atoms with Gasteiger partial charge in [0, 0.05) is 39.2 Å². The zero-order valence-corrected chi connectivity index (χ0v) is 15.2. The van der Waals surface area contributed by atoms with Crippen molar-refractivity contribution in [3.8, 4) is 5.88 Å². The van der Waals surface area contributed by atoms with Gasteiger partial charge in [-0.25, -0.2) is 4.68 Å². The Bertz CT molecular complexity index is 996. The van der Waals surface area contributed by atoms with Crippen molar-refractivity contribution in [2.45, 2.75) is 25.9 Å². The maximum Gasteiger partial charge on any atom is 0.274 e. The second-order valence-corrected chi connectivity index (χ2v) is 6.98. The van der Waals surface area contributed by atoms with Crippen molar-refractivity contribution in [2.24, 2.45) is 0 Å². The SMILES string of the molecule is Cc1nnc2ccc(N3CC(N(C)C(=O)c4cc5n(n4)CCCO5)C3)nn12. The summed E-state index contributed by atoms with van der Waals surface area (Å²) >= 11 is 0. The first kappa shape index (κ1) is 16.0. The van der Waals surface area contributed by atoms with E-state index in [1.807, 2.05) is 26.1 Å². The highest BCUT2D eigenvalue weighted by atomic mass is 16.5. The van der Waals surface area contributed by atoms with E-state index in [1.165, 1.54) is 0 Å². The second-order valence-electron chi connectivity index (χ2n) is 6.98. The molecular formula is C17H20N8O2. The van der Waals surface area contributed by atoms with Crippen LogP contribution in [0.3, 0.4) is 0 Å². The summed E-state index contributed by atoms with van der Waals surface area (Å²) in [6, 6.07) is 5.69. The fourth-order valence-electron chi connectivity index (χ4n) is 3.46. The van der Waals surface area contributed by atoms with Gasteiger partial charge in [-0.1, -0.05) is 0 Å². The van der Waals surface area contributed by atoms with Crippen molar-refractivity contribution in [3.05, 3.63) is 29.7 Å². The lowest BCUT2D eigenvalue weighted by molar-refractivity contribution is 0.0698. The summed E-state index contributed by atoms with van der Waals surface area (Å²) in [5.74, 6) is 2.20. The first-order chi connectivity index (χ1) is 13.1. The summed E-state index contributed by atoms with van der Waals surface area (Å²) in [4.78, 5) is 16.7. The van der Waals surface area contributed by atoms with Crippen LogP contribution in [0.2, 0.25) is 0 Å². The van der Waals surface area contributed by atoms with Crippen LogP contribution in [-0.2, 0) is 6.54 Å². The molecule has 0 radical (unpaired) electrons. The van der Waals surface area contributed by atoms with Gasteiger partial charge in [0.15, 0.2) is 17.2 Å². The van der Waals surface area contributed by atoms with Gasteiger partial charge >= 0.3 is 0 Å². The minimum atomic E-state index is -0.0804. The van der Waals surface area contributed by atoms with Crippen LogP contribution in [0.4, 0.5) is 5.82 Å². The number of carbonyl (C=O) groups is 1. The largest absolute Gasteiger partial charge is 0.478 e. The lowest BCUT2D eigenvalue weighted by Gasteiger charge is -2.44. The number of anilines is 1. The van der Waals surface area contributed by atoms with Crippen molar-refractivity contribution in [1.82, 2.24) is 34.5 Å². The van der Waals surface area contributed by atoms with Crippen molar-refractivity contribution >= 4 is 17.4 Å². The van der Waals surface area contributed by atoms with Crippen LogP contribution in [0.15, 0.2) is 18.2 Å². The number of likely N-dealkylation sites (N-methyl/N-ethyl adjacent to an activating group) is 1. The molecule has 5 rings (SSSR count). The first-order valence-corrected chi connectivity index (χ1v) is 9.02. The zero-order valence-electron chi connectivity index (χ0n) is 15.2. The Hall–Kier alpha value is -3.17. The minimum absolute atomic E-state index is 0.0804. The third-order valence-corrected chi connectivity index (χ3v) is 5.19. The van der Waals surface area contributed by atoms with Crippen LogP contribution in [0.25, 0.3) is 5.65 Å². The number of amides is 1. The third-order valence-electron chi connectivity index (χ3n) is 5.19. The number of ether oxygens (including phenoxy) is 1. The van der Waals surface area contributed by atoms with E-state index in [1.54, 1.807) is 20.2 Å². The number of rotatable bonds is 3.